The van der Waals surface area contributed by atoms with Gasteiger partial charge in [-0.15, -0.1) is 0 Å². The Morgan fingerprint density at radius 3 is 2.81 bits per heavy atom. The van der Waals surface area contributed by atoms with Gasteiger partial charge in [-0.1, -0.05) is 23.9 Å². The van der Waals surface area contributed by atoms with E-state index in [0.717, 1.165) is 16.3 Å². The van der Waals surface area contributed by atoms with Gasteiger partial charge in [0.2, 0.25) is 5.91 Å². The number of benzene rings is 1. The molecule has 8 heteroatoms. The van der Waals surface area contributed by atoms with Crippen LogP contribution in [0.2, 0.25) is 0 Å². The molecule has 7 nitrogen and oxygen atoms in total. The van der Waals surface area contributed by atoms with Crippen LogP contribution in [-0.4, -0.2) is 39.3 Å². The Hall–Kier alpha value is -2.87. The second-order valence-electron chi connectivity index (χ2n) is 5.36. The first kappa shape index (κ1) is 17.9. The number of aromatic nitrogens is 3. The molecule has 0 atom stereocenters. The third-order valence-corrected chi connectivity index (χ3v) is 4.70. The number of amides is 1. The number of rotatable bonds is 6. The Morgan fingerprint density at radius 2 is 2.04 bits per heavy atom. The number of esters is 1. The maximum atomic E-state index is 12.3. The van der Waals surface area contributed by atoms with Crippen LogP contribution in [0.1, 0.15) is 17.3 Å². The summed E-state index contributed by atoms with van der Waals surface area (Å²) < 4.78 is 6.70. The van der Waals surface area contributed by atoms with Gasteiger partial charge < -0.3 is 14.6 Å². The van der Waals surface area contributed by atoms with Crippen LogP contribution in [0.25, 0.3) is 11.2 Å². The minimum absolute atomic E-state index is 0.166. The van der Waals surface area contributed by atoms with Gasteiger partial charge in [-0.05, 0) is 31.2 Å². The van der Waals surface area contributed by atoms with E-state index in [0.29, 0.717) is 17.8 Å². The molecule has 1 N–H and O–H groups in total. The Morgan fingerprint density at radius 1 is 1.23 bits per heavy atom. The summed E-state index contributed by atoms with van der Waals surface area (Å²) in [7, 11) is 1.31. The molecule has 3 aromatic rings. The SMILES string of the molecule is CCn1c(SCC(=O)Nc2ccccc2C(=O)OC)nc2cccnc21. The van der Waals surface area contributed by atoms with E-state index in [1.165, 1.54) is 18.9 Å². The number of carbonyl (C=O) groups is 2. The summed E-state index contributed by atoms with van der Waals surface area (Å²) in [6.45, 7) is 2.72. The molecule has 0 bridgehead atoms. The van der Waals surface area contributed by atoms with Crippen molar-refractivity contribution in [1.82, 2.24) is 14.5 Å². The molecule has 0 saturated heterocycles. The minimum atomic E-state index is -0.493. The van der Waals surface area contributed by atoms with E-state index in [2.05, 4.69) is 15.3 Å². The summed E-state index contributed by atoms with van der Waals surface area (Å²) in [5, 5.41) is 3.49. The lowest BCUT2D eigenvalue weighted by molar-refractivity contribution is -0.113. The third kappa shape index (κ3) is 3.70. The highest BCUT2D eigenvalue weighted by atomic mass is 32.2. The van der Waals surface area contributed by atoms with E-state index in [1.807, 2.05) is 23.6 Å². The van der Waals surface area contributed by atoms with Gasteiger partial charge in [-0.25, -0.2) is 14.8 Å². The number of hydrogen-bond acceptors (Lipinski definition) is 6. The average molecular weight is 370 g/mol. The van der Waals surface area contributed by atoms with E-state index >= 15 is 0 Å². The second kappa shape index (κ2) is 8.01. The zero-order valence-electron chi connectivity index (χ0n) is 14.4. The summed E-state index contributed by atoms with van der Waals surface area (Å²) in [5.74, 6) is -0.555. The molecule has 2 heterocycles. The maximum Gasteiger partial charge on any atom is 0.339 e. The Kier molecular flexibility index (Phi) is 5.52. The highest BCUT2D eigenvalue weighted by Crippen LogP contribution is 2.23. The number of nitrogens with one attached hydrogen (secondary N) is 1. The topological polar surface area (TPSA) is 86.1 Å². The predicted octanol–water partition coefficient (Wildman–Crippen LogP) is 2.97. The quantitative estimate of drug-likeness (QED) is 0.530. The number of fused-ring (bicyclic) bond motifs is 1. The van der Waals surface area contributed by atoms with Gasteiger partial charge in [0.15, 0.2) is 10.8 Å². The highest BCUT2D eigenvalue weighted by molar-refractivity contribution is 7.99. The van der Waals surface area contributed by atoms with Crippen LogP contribution in [0.4, 0.5) is 5.69 Å². The highest BCUT2D eigenvalue weighted by Gasteiger charge is 2.15. The van der Waals surface area contributed by atoms with Crippen LogP contribution < -0.4 is 5.32 Å². The first-order chi connectivity index (χ1) is 12.6. The Balaban J connectivity index is 1.72. The van der Waals surface area contributed by atoms with Crippen LogP contribution in [-0.2, 0) is 16.1 Å². The van der Waals surface area contributed by atoms with E-state index in [4.69, 9.17) is 4.74 Å². The van der Waals surface area contributed by atoms with E-state index in [-0.39, 0.29) is 11.7 Å². The molecule has 0 aliphatic rings. The number of ether oxygens (including phenoxy) is 1. The number of aryl methyl sites for hydroxylation is 1. The van der Waals surface area contributed by atoms with Crippen molar-refractivity contribution in [2.24, 2.45) is 0 Å². The van der Waals surface area contributed by atoms with Crippen molar-refractivity contribution >= 4 is 40.5 Å². The monoisotopic (exact) mass is 370 g/mol. The van der Waals surface area contributed by atoms with Gasteiger partial charge in [0.05, 0.1) is 24.1 Å². The molecular weight excluding hydrogens is 352 g/mol. The average Bonchev–Trinajstić information content (AvgIpc) is 3.03. The molecule has 134 valence electrons. The van der Waals surface area contributed by atoms with Crippen molar-refractivity contribution in [2.45, 2.75) is 18.6 Å². The van der Waals surface area contributed by atoms with Crippen LogP contribution >= 0.6 is 11.8 Å². The molecule has 3 rings (SSSR count). The van der Waals surface area contributed by atoms with Crippen molar-refractivity contribution in [1.29, 1.82) is 0 Å². The van der Waals surface area contributed by atoms with Gasteiger partial charge >= 0.3 is 5.97 Å². The van der Waals surface area contributed by atoms with E-state index < -0.39 is 5.97 Å². The van der Waals surface area contributed by atoms with Crippen molar-refractivity contribution in [2.75, 3.05) is 18.2 Å². The number of nitrogens with zero attached hydrogens (tertiary/aromatic N) is 3. The number of hydrogen-bond donors (Lipinski definition) is 1. The number of pyridine rings is 1. The Bertz CT molecular complexity index is 955. The number of anilines is 1. The van der Waals surface area contributed by atoms with Crippen molar-refractivity contribution < 1.29 is 14.3 Å². The first-order valence-electron chi connectivity index (χ1n) is 8.05. The fourth-order valence-corrected chi connectivity index (χ4v) is 3.40. The zero-order valence-corrected chi connectivity index (χ0v) is 15.2. The van der Waals surface area contributed by atoms with Crippen LogP contribution in [0, 0.1) is 0 Å². The maximum absolute atomic E-state index is 12.3. The van der Waals surface area contributed by atoms with Crippen LogP contribution in [0.5, 0.6) is 0 Å². The molecule has 0 unspecified atom stereocenters. The van der Waals surface area contributed by atoms with Crippen molar-refractivity contribution in [3.8, 4) is 0 Å². The molecule has 0 saturated carbocycles. The number of imidazole rings is 1. The summed E-state index contributed by atoms with van der Waals surface area (Å²) in [6.07, 6.45) is 1.72. The van der Waals surface area contributed by atoms with Gasteiger partial charge in [-0.2, -0.15) is 0 Å². The lowest BCUT2D eigenvalue weighted by atomic mass is 10.2. The van der Waals surface area contributed by atoms with Crippen LogP contribution in [0.15, 0.2) is 47.8 Å². The molecule has 0 radical (unpaired) electrons. The third-order valence-electron chi connectivity index (χ3n) is 3.72. The van der Waals surface area contributed by atoms with Gasteiger partial charge in [0.25, 0.3) is 0 Å². The number of carbonyl (C=O) groups excluding carboxylic acids is 2. The number of para-hydroxylation sites is 1. The van der Waals surface area contributed by atoms with Gasteiger partial charge in [-0.3, -0.25) is 4.79 Å². The Labute approximate surface area is 154 Å². The molecule has 2 aromatic heterocycles. The number of thioether (sulfide) groups is 1. The van der Waals surface area contributed by atoms with Crippen molar-refractivity contribution in [3.05, 3.63) is 48.2 Å². The second-order valence-corrected chi connectivity index (χ2v) is 6.30. The lowest BCUT2D eigenvalue weighted by Gasteiger charge is -2.09. The van der Waals surface area contributed by atoms with Crippen molar-refractivity contribution in [3.63, 3.8) is 0 Å². The molecular formula is C18H18N4O3S. The van der Waals surface area contributed by atoms with Gasteiger partial charge in [0.1, 0.15) is 5.52 Å². The predicted molar refractivity (Wildman–Crippen MR) is 100 cm³/mol. The summed E-state index contributed by atoms with van der Waals surface area (Å²) in [4.78, 5) is 33.0. The fraction of sp³-hybridized carbons (Fsp3) is 0.222. The fourth-order valence-electron chi connectivity index (χ4n) is 2.53. The minimum Gasteiger partial charge on any atom is -0.465 e. The molecule has 0 aliphatic heterocycles. The molecule has 0 spiro atoms. The lowest BCUT2D eigenvalue weighted by Crippen LogP contribution is -2.17. The van der Waals surface area contributed by atoms with E-state index in [1.54, 1.807) is 30.5 Å². The zero-order chi connectivity index (χ0) is 18.5. The molecule has 0 fully saturated rings. The largest absolute Gasteiger partial charge is 0.465 e. The molecule has 1 amide bonds. The summed E-state index contributed by atoms with van der Waals surface area (Å²) in [5.41, 5.74) is 2.34. The smallest absolute Gasteiger partial charge is 0.339 e. The molecule has 0 aliphatic carbocycles. The van der Waals surface area contributed by atoms with Crippen LogP contribution in [0.3, 0.4) is 0 Å². The number of methoxy groups -OCH3 is 1. The normalized spacial score (nSPS) is 10.7. The standard InChI is InChI=1S/C18H18N4O3S/c1-3-22-16-14(9-6-10-19-16)21-18(22)26-11-15(23)20-13-8-5-4-7-12(13)17(24)25-2/h4-10H,3,11H2,1-2H3,(H,20,23). The summed E-state index contributed by atoms with van der Waals surface area (Å²) in [6, 6.07) is 10.5. The summed E-state index contributed by atoms with van der Waals surface area (Å²) >= 11 is 1.33. The van der Waals surface area contributed by atoms with E-state index in [9.17, 15) is 9.59 Å². The van der Waals surface area contributed by atoms with Gasteiger partial charge in [0, 0.05) is 12.7 Å². The molecule has 1 aromatic carbocycles. The molecule has 26 heavy (non-hydrogen) atoms. The first-order valence-corrected chi connectivity index (χ1v) is 9.03.